The van der Waals surface area contributed by atoms with Crippen molar-refractivity contribution in [3.05, 3.63) is 46.5 Å². The highest BCUT2D eigenvalue weighted by Gasteiger charge is 2.25. The maximum Gasteiger partial charge on any atom is 0.419 e. The van der Waals surface area contributed by atoms with Crippen molar-refractivity contribution in [1.82, 2.24) is 24.6 Å². The molecule has 1 aliphatic heterocycles. The second kappa shape index (κ2) is 6.21. The molecule has 1 aromatic carbocycles. The molecule has 2 aromatic heterocycles. The van der Waals surface area contributed by atoms with Crippen LogP contribution in [0.15, 0.2) is 33.5 Å². The predicted octanol–water partition coefficient (Wildman–Crippen LogP) is 1.09. The molecule has 1 saturated heterocycles. The summed E-state index contributed by atoms with van der Waals surface area (Å²) in [5.74, 6) is 1.15. The van der Waals surface area contributed by atoms with Gasteiger partial charge in [0, 0.05) is 26.2 Å². The molecular weight excluding hydrogens is 310 g/mol. The lowest BCUT2D eigenvalue weighted by Crippen LogP contribution is -2.40. The largest absolute Gasteiger partial charge is 0.419 e. The minimum Gasteiger partial charge on any atom is -0.408 e. The van der Waals surface area contributed by atoms with E-state index in [9.17, 15) is 4.79 Å². The lowest BCUT2D eigenvalue weighted by atomic mass is 10.2. The first kappa shape index (κ1) is 15.1. The summed E-state index contributed by atoms with van der Waals surface area (Å²) in [7, 11) is 0. The molecule has 0 aliphatic carbocycles. The van der Waals surface area contributed by atoms with E-state index in [0.29, 0.717) is 31.1 Å². The number of nitrogens with zero attached hydrogens (tertiary/aromatic N) is 4. The minimum absolute atomic E-state index is 0.137. The summed E-state index contributed by atoms with van der Waals surface area (Å²) in [4.78, 5) is 18.6. The summed E-state index contributed by atoms with van der Waals surface area (Å²) in [6.45, 7) is 5.35. The van der Waals surface area contributed by atoms with Gasteiger partial charge in [0.1, 0.15) is 11.9 Å². The fraction of sp³-hybridized carbons (Fsp3) is 0.438. The maximum absolute atomic E-state index is 12.0. The standard InChI is InChI=1S/C16H19N5O3/c1-11-17-15(19-18-11)14-10-20(8-9-23-14)6-7-21-12-4-2-3-5-13(12)24-16(21)22/h2-5,14H,6-10H2,1H3,(H,17,18,19)/t14-/m0/s1. The molecule has 24 heavy (non-hydrogen) atoms. The third kappa shape index (κ3) is 2.85. The van der Waals surface area contributed by atoms with Crippen LogP contribution in [0.25, 0.3) is 11.1 Å². The number of aromatic nitrogens is 4. The van der Waals surface area contributed by atoms with Gasteiger partial charge < -0.3 is 9.15 Å². The van der Waals surface area contributed by atoms with Gasteiger partial charge in [-0.05, 0) is 19.1 Å². The highest BCUT2D eigenvalue weighted by Crippen LogP contribution is 2.19. The molecule has 3 aromatic rings. The van der Waals surface area contributed by atoms with Crippen LogP contribution in [0.2, 0.25) is 0 Å². The van der Waals surface area contributed by atoms with Crippen molar-refractivity contribution < 1.29 is 9.15 Å². The number of hydrogen-bond acceptors (Lipinski definition) is 6. The van der Waals surface area contributed by atoms with E-state index >= 15 is 0 Å². The number of hydrogen-bond donors (Lipinski definition) is 1. The molecule has 126 valence electrons. The first-order chi connectivity index (χ1) is 11.7. The smallest absolute Gasteiger partial charge is 0.408 e. The summed E-state index contributed by atoms with van der Waals surface area (Å²) >= 11 is 0. The number of para-hydroxylation sites is 2. The van der Waals surface area contributed by atoms with Gasteiger partial charge in [-0.2, -0.15) is 5.10 Å². The van der Waals surface area contributed by atoms with E-state index < -0.39 is 0 Å². The Hall–Kier alpha value is -2.45. The van der Waals surface area contributed by atoms with Crippen LogP contribution in [0, 0.1) is 6.92 Å². The topological polar surface area (TPSA) is 89.2 Å². The molecular formula is C16H19N5O3. The van der Waals surface area contributed by atoms with Crippen molar-refractivity contribution >= 4 is 11.1 Å². The summed E-state index contributed by atoms with van der Waals surface area (Å²) in [6.07, 6.45) is -0.137. The first-order valence-electron chi connectivity index (χ1n) is 8.02. The molecule has 0 amide bonds. The van der Waals surface area contributed by atoms with Crippen LogP contribution >= 0.6 is 0 Å². The molecule has 1 N–H and O–H groups in total. The van der Waals surface area contributed by atoms with E-state index in [1.165, 1.54) is 0 Å². The Morgan fingerprint density at radius 1 is 1.33 bits per heavy atom. The average molecular weight is 329 g/mol. The highest BCUT2D eigenvalue weighted by atomic mass is 16.5. The number of benzene rings is 1. The van der Waals surface area contributed by atoms with Gasteiger partial charge in [-0.1, -0.05) is 12.1 Å². The molecule has 8 nitrogen and oxygen atoms in total. The molecule has 1 aliphatic rings. The summed E-state index contributed by atoms with van der Waals surface area (Å²) in [6, 6.07) is 7.48. The Kier molecular flexibility index (Phi) is 3.91. The van der Waals surface area contributed by atoms with E-state index in [1.807, 2.05) is 31.2 Å². The van der Waals surface area contributed by atoms with Gasteiger partial charge in [-0.15, -0.1) is 0 Å². The third-order valence-electron chi connectivity index (χ3n) is 4.27. The Morgan fingerprint density at radius 3 is 3.04 bits per heavy atom. The second-order valence-corrected chi connectivity index (χ2v) is 5.93. The quantitative estimate of drug-likeness (QED) is 0.771. The van der Waals surface area contributed by atoms with Crippen molar-refractivity contribution in [1.29, 1.82) is 0 Å². The Labute approximate surface area is 138 Å². The average Bonchev–Trinajstić information content (AvgIpc) is 3.16. The number of H-pyrrole nitrogens is 1. The SMILES string of the molecule is Cc1nc([C@@H]2CN(CCn3c(=O)oc4ccccc43)CCO2)n[nH]1. The van der Waals surface area contributed by atoms with Gasteiger partial charge in [-0.25, -0.2) is 9.78 Å². The lowest BCUT2D eigenvalue weighted by molar-refractivity contribution is -0.0350. The zero-order valence-corrected chi connectivity index (χ0v) is 13.4. The van der Waals surface area contributed by atoms with Crippen LogP contribution < -0.4 is 5.76 Å². The van der Waals surface area contributed by atoms with E-state index in [-0.39, 0.29) is 11.9 Å². The van der Waals surface area contributed by atoms with Crippen LogP contribution in [0.4, 0.5) is 0 Å². The van der Waals surface area contributed by atoms with Gasteiger partial charge in [0.15, 0.2) is 11.4 Å². The van der Waals surface area contributed by atoms with Crippen molar-refractivity contribution in [2.45, 2.75) is 19.6 Å². The number of aromatic amines is 1. The van der Waals surface area contributed by atoms with Crippen molar-refractivity contribution in [2.75, 3.05) is 26.2 Å². The highest BCUT2D eigenvalue weighted by molar-refractivity contribution is 5.72. The molecule has 0 unspecified atom stereocenters. The first-order valence-corrected chi connectivity index (χ1v) is 8.02. The molecule has 1 fully saturated rings. The number of aryl methyl sites for hydroxylation is 1. The Balaban J connectivity index is 1.45. The van der Waals surface area contributed by atoms with Gasteiger partial charge >= 0.3 is 5.76 Å². The molecule has 8 heteroatoms. The van der Waals surface area contributed by atoms with Crippen LogP contribution in [0.3, 0.4) is 0 Å². The lowest BCUT2D eigenvalue weighted by Gasteiger charge is -2.31. The van der Waals surface area contributed by atoms with Gasteiger partial charge in [0.2, 0.25) is 0 Å². The molecule has 0 radical (unpaired) electrons. The van der Waals surface area contributed by atoms with Crippen molar-refractivity contribution in [2.24, 2.45) is 0 Å². The molecule has 0 bridgehead atoms. The molecule has 0 spiro atoms. The summed E-state index contributed by atoms with van der Waals surface area (Å²) in [5, 5.41) is 7.03. The molecule has 3 heterocycles. The Morgan fingerprint density at radius 2 is 2.21 bits per heavy atom. The maximum atomic E-state index is 12.0. The number of rotatable bonds is 4. The van der Waals surface area contributed by atoms with Crippen molar-refractivity contribution in [3.8, 4) is 0 Å². The van der Waals surface area contributed by atoms with Crippen LogP contribution in [-0.2, 0) is 11.3 Å². The van der Waals surface area contributed by atoms with Crippen LogP contribution in [0.1, 0.15) is 17.8 Å². The number of ether oxygens (including phenoxy) is 1. The number of nitrogens with one attached hydrogen (secondary N) is 1. The van der Waals surface area contributed by atoms with E-state index in [4.69, 9.17) is 9.15 Å². The zero-order chi connectivity index (χ0) is 16.5. The van der Waals surface area contributed by atoms with Gasteiger partial charge in [0.05, 0.1) is 12.1 Å². The second-order valence-electron chi connectivity index (χ2n) is 5.93. The van der Waals surface area contributed by atoms with Gasteiger partial charge in [0.25, 0.3) is 0 Å². The van der Waals surface area contributed by atoms with Crippen LogP contribution in [-0.4, -0.2) is 50.9 Å². The summed E-state index contributed by atoms with van der Waals surface area (Å²) in [5.41, 5.74) is 1.45. The van der Waals surface area contributed by atoms with Crippen molar-refractivity contribution in [3.63, 3.8) is 0 Å². The number of morpholine rings is 1. The fourth-order valence-electron chi connectivity index (χ4n) is 3.03. The Bertz CT molecular complexity index is 896. The number of fused-ring (bicyclic) bond motifs is 1. The van der Waals surface area contributed by atoms with E-state index in [2.05, 4.69) is 20.1 Å². The minimum atomic E-state index is -0.314. The van der Waals surface area contributed by atoms with E-state index in [0.717, 1.165) is 24.4 Å². The fourth-order valence-corrected chi connectivity index (χ4v) is 3.03. The molecule has 1 atom stereocenters. The normalized spacial score (nSPS) is 19.1. The predicted molar refractivity (Wildman–Crippen MR) is 86.7 cm³/mol. The number of oxazole rings is 1. The molecule has 0 saturated carbocycles. The summed E-state index contributed by atoms with van der Waals surface area (Å²) < 4.78 is 12.7. The monoisotopic (exact) mass is 329 g/mol. The zero-order valence-electron chi connectivity index (χ0n) is 13.4. The van der Waals surface area contributed by atoms with E-state index in [1.54, 1.807) is 4.57 Å². The third-order valence-corrected chi connectivity index (χ3v) is 4.27. The van der Waals surface area contributed by atoms with Crippen LogP contribution in [0.5, 0.6) is 0 Å². The van der Waals surface area contributed by atoms with Gasteiger partial charge in [-0.3, -0.25) is 14.6 Å². The molecule has 4 rings (SSSR count).